The minimum absolute atomic E-state index is 0.211. The first-order chi connectivity index (χ1) is 9.17. The molecule has 2 aromatic heterocycles. The molecule has 19 heavy (non-hydrogen) atoms. The third-order valence-corrected chi connectivity index (χ3v) is 3.31. The molecule has 0 bridgehead atoms. The van der Waals surface area contributed by atoms with E-state index < -0.39 is 0 Å². The molecule has 0 aliphatic heterocycles. The van der Waals surface area contributed by atoms with Crippen molar-refractivity contribution in [3.8, 4) is 11.3 Å². The third-order valence-electron chi connectivity index (χ3n) is 2.93. The van der Waals surface area contributed by atoms with Crippen molar-refractivity contribution in [1.82, 2.24) is 19.9 Å². The van der Waals surface area contributed by atoms with Crippen LogP contribution in [-0.2, 0) is 6.42 Å². The molecule has 0 radical (unpaired) electrons. The molecule has 0 saturated carbocycles. The van der Waals surface area contributed by atoms with Crippen molar-refractivity contribution in [3.63, 3.8) is 0 Å². The summed E-state index contributed by atoms with van der Waals surface area (Å²) >= 11 is 3.33. The number of nitrogens with two attached hydrogens (primary N) is 1. The third kappa shape index (κ3) is 2.22. The van der Waals surface area contributed by atoms with Crippen LogP contribution in [0.2, 0.25) is 0 Å². The van der Waals surface area contributed by atoms with Crippen LogP contribution in [0.3, 0.4) is 0 Å². The maximum Gasteiger partial charge on any atom is 0.323 e. The van der Waals surface area contributed by atoms with E-state index in [0.29, 0.717) is 11.3 Å². The number of H-pyrrole nitrogens is 3. The predicted octanol–water partition coefficient (Wildman–Crippen LogP) is 1.51. The Morgan fingerprint density at radius 1 is 1.21 bits per heavy atom. The van der Waals surface area contributed by atoms with Crippen molar-refractivity contribution >= 4 is 27.0 Å². The summed E-state index contributed by atoms with van der Waals surface area (Å²) in [6.45, 7) is 0.546. The molecule has 3 rings (SSSR count). The monoisotopic (exact) mass is 321 g/mol. The number of halogens is 1. The zero-order chi connectivity index (χ0) is 13.4. The van der Waals surface area contributed by atoms with Crippen LogP contribution in [0.25, 0.3) is 22.3 Å². The number of nitrogens with one attached hydrogen (secondary N) is 3. The maximum atomic E-state index is 11.3. The molecule has 3 aromatic rings. The van der Waals surface area contributed by atoms with Crippen LogP contribution in [0, 0.1) is 0 Å². The lowest BCUT2D eigenvalue weighted by Gasteiger charge is -2.01. The quantitative estimate of drug-likeness (QED) is 0.587. The van der Waals surface area contributed by atoms with Crippen molar-refractivity contribution in [2.24, 2.45) is 5.73 Å². The number of imidazole rings is 2. The average molecular weight is 322 g/mol. The molecule has 0 amide bonds. The van der Waals surface area contributed by atoms with Crippen LogP contribution in [-0.4, -0.2) is 26.5 Å². The van der Waals surface area contributed by atoms with Gasteiger partial charge in [0.2, 0.25) is 0 Å². The first-order valence-electron chi connectivity index (χ1n) is 5.84. The van der Waals surface area contributed by atoms with E-state index >= 15 is 0 Å². The molecule has 0 spiro atoms. The molecule has 0 aliphatic carbocycles. The minimum Gasteiger partial charge on any atom is -0.336 e. The number of aromatic nitrogens is 4. The SMILES string of the molecule is NCCc1[nH]c(Br)nc1-c1ccc2[nH]c(=O)[nH]c2c1. The lowest BCUT2D eigenvalue weighted by atomic mass is 10.1. The average Bonchev–Trinajstić information content (AvgIpc) is 2.90. The Balaban J connectivity index is 2.15. The highest BCUT2D eigenvalue weighted by Crippen LogP contribution is 2.25. The van der Waals surface area contributed by atoms with E-state index in [1.54, 1.807) is 0 Å². The van der Waals surface area contributed by atoms with Gasteiger partial charge >= 0.3 is 5.69 Å². The van der Waals surface area contributed by atoms with Gasteiger partial charge in [0.25, 0.3) is 0 Å². The summed E-state index contributed by atoms with van der Waals surface area (Å²) in [5, 5.41) is 0. The van der Waals surface area contributed by atoms with Crippen LogP contribution >= 0.6 is 15.9 Å². The molecule has 0 atom stereocenters. The molecular formula is C12H12BrN5O. The Morgan fingerprint density at radius 3 is 2.79 bits per heavy atom. The summed E-state index contributed by atoms with van der Waals surface area (Å²) in [4.78, 5) is 24.3. The zero-order valence-electron chi connectivity index (χ0n) is 9.96. The van der Waals surface area contributed by atoms with Crippen molar-refractivity contribution in [2.75, 3.05) is 6.54 Å². The number of hydrogen-bond acceptors (Lipinski definition) is 3. The van der Waals surface area contributed by atoms with E-state index in [-0.39, 0.29) is 5.69 Å². The summed E-state index contributed by atoms with van der Waals surface area (Å²) in [6.07, 6.45) is 0.718. The van der Waals surface area contributed by atoms with E-state index in [1.807, 2.05) is 18.2 Å². The summed E-state index contributed by atoms with van der Waals surface area (Å²) < 4.78 is 0.675. The van der Waals surface area contributed by atoms with E-state index in [2.05, 4.69) is 35.9 Å². The number of hydrogen-bond donors (Lipinski definition) is 4. The van der Waals surface area contributed by atoms with Gasteiger partial charge in [-0.25, -0.2) is 9.78 Å². The van der Waals surface area contributed by atoms with Crippen LogP contribution < -0.4 is 11.4 Å². The van der Waals surface area contributed by atoms with Gasteiger partial charge in [-0.3, -0.25) is 0 Å². The highest BCUT2D eigenvalue weighted by molar-refractivity contribution is 9.10. The fourth-order valence-corrected chi connectivity index (χ4v) is 2.54. The standard InChI is InChI=1S/C12H12BrN5O/c13-11-15-8(3-4-14)10(18-11)6-1-2-7-9(5-6)17-12(19)16-7/h1-2,5H,3-4,14H2,(H,15,18)(H2,16,17,19). The Bertz CT molecular complexity index is 785. The second kappa shape index (κ2) is 4.67. The number of nitrogens with zero attached hydrogens (tertiary/aromatic N) is 1. The molecule has 6 nitrogen and oxygen atoms in total. The Labute approximate surface area is 116 Å². The second-order valence-electron chi connectivity index (χ2n) is 4.23. The molecule has 98 valence electrons. The first-order valence-corrected chi connectivity index (χ1v) is 6.63. The fraction of sp³-hybridized carbons (Fsp3) is 0.167. The lowest BCUT2D eigenvalue weighted by Crippen LogP contribution is -2.04. The maximum absolute atomic E-state index is 11.3. The van der Waals surface area contributed by atoms with Gasteiger partial charge in [-0.2, -0.15) is 0 Å². The van der Waals surface area contributed by atoms with Gasteiger partial charge in [0.15, 0.2) is 4.73 Å². The van der Waals surface area contributed by atoms with Gasteiger partial charge in [-0.05, 0) is 34.6 Å². The van der Waals surface area contributed by atoms with E-state index in [1.165, 1.54) is 0 Å². The number of benzene rings is 1. The second-order valence-corrected chi connectivity index (χ2v) is 4.98. The van der Waals surface area contributed by atoms with Gasteiger partial charge in [0, 0.05) is 17.7 Å². The Kier molecular flexibility index (Phi) is 3.00. The Morgan fingerprint density at radius 2 is 2.00 bits per heavy atom. The van der Waals surface area contributed by atoms with Crippen LogP contribution in [0.1, 0.15) is 5.69 Å². The largest absolute Gasteiger partial charge is 0.336 e. The summed E-state index contributed by atoms with van der Waals surface area (Å²) in [7, 11) is 0. The van der Waals surface area contributed by atoms with Crippen molar-refractivity contribution in [1.29, 1.82) is 0 Å². The molecule has 0 unspecified atom stereocenters. The fourth-order valence-electron chi connectivity index (χ4n) is 2.12. The molecule has 7 heteroatoms. The normalized spacial score (nSPS) is 11.3. The van der Waals surface area contributed by atoms with E-state index in [0.717, 1.165) is 34.4 Å². The van der Waals surface area contributed by atoms with E-state index in [4.69, 9.17) is 5.73 Å². The minimum atomic E-state index is -0.211. The van der Waals surface area contributed by atoms with Crippen LogP contribution in [0.4, 0.5) is 0 Å². The molecular weight excluding hydrogens is 310 g/mol. The molecule has 0 fully saturated rings. The van der Waals surface area contributed by atoms with Crippen molar-refractivity contribution in [3.05, 3.63) is 39.1 Å². The molecule has 2 heterocycles. The summed E-state index contributed by atoms with van der Waals surface area (Å²) in [6, 6.07) is 5.68. The number of fused-ring (bicyclic) bond motifs is 1. The molecule has 0 saturated heterocycles. The van der Waals surface area contributed by atoms with E-state index in [9.17, 15) is 4.79 Å². The van der Waals surface area contributed by atoms with Crippen LogP contribution in [0.5, 0.6) is 0 Å². The number of aromatic amines is 3. The first kappa shape index (κ1) is 12.2. The predicted molar refractivity (Wildman–Crippen MR) is 77.0 cm³/mol. The highest BCUT2D eigenvalue weighted by atomic mass is 79.9. The zero-order valence-corrected chi connectivity index (χ0v) is 11.5. The molecule has 1 aromatic carbocycles. The molecule has 0 aliphatic rings. The van der Waals surface area contributed by atoms with Gasteiger partial charge in [0.05, 0.1) is 16.7 Å². The molecule has 5 N–H and O–H groups in total. The van der Waals surface area contributed by atoms with Gasteiger partial charge in [-0.15, -0.1) is 0 Å². The van der Waals surface area contributed by atoms with Gasteiger partial charge in [0.1, 0.15) is 0 Å². The smallest absolute Gasteiger partial charge is 0.323 e. The summed E-state index contributed by atoms with van der Waals surface area (Å²) in [5.41, 5.74) is 9.69. The Hall–Kier alpha value is -1.86. The summed E-state index contributed by atoms with van der Waals surface area (Å²) in [5.74, 6) is 0. The number of rotatable bonds is 3. The van der Waals surface area contributed by atoms with Gasteiger partial charge < -0.3 is 20.7 Å². The van der Waals surface area contributed by atoms with Gasteiger partial charge in [-0.1, -0.05) is 6.07 Å². The topological polar surface area (TPSA) is 103 Å². The highest BCUT2D eigenvalue weighted by Gasteiger charge is 2.11. The lowest BCUT2D eigenvalue weighted by molar-refractivity contribution is 0.934. The van der Waals surface area contributed by atoms with Crippen molar-refractivity contribution in [2.45, 2.75) is 6.42 Å². The van der Waals surface area contributed by atoms with Crippen LogP contribution in [0.15, 0.2) is 27.7 Å². The van der Waals surface area contributed by atoms with Crippen molar-refractivity contribution < 1.29 is 0 Å².